The summed E-state index contributed by atoms with van der Waals surface area (Å²) in [5, 5.41) is 251. The summed E-state index contributed by atoms with van der Waals surface area (Å²) in [6.07, 6.45) is -80.3. The predicted molar refractivity (Wildman–Crippen MR) is 231 cm³/mol. The molecular weight excluding hydrogens is 1100 g/mol. The van der Waals surface area contributed by atoms with Crippen LogP contribution in [0.2, 0.25) is 0 Å². The van der Waals surface area contributed by atoms with Crippen molar-refractivity contribution in [2.75, 3.05) is 33.0 Å². The molecule has 21 aliphatic heterocycles. The van der Waals surface area contributed by atoms with Crippen molar-refractivity contribution in [2.45, 2.75) is 228 Å². The maximum atomic E-state index is 11.3. The van der Waals surface area contributed by atoms with Gasteiger partial charge in [-0.1, -0.05) is 0 Å². The first-order chi connectivity index (χ1) is 37.4. The van der Waals surface area contributed by atoms with Crippen molar-refractivity contribution < 1.29 is 184 Å². The lowest BCUT2D eigenvalue weighted by molar-refractivity contribution is -0.404. The fraction of sp³-hybridized carbons (Fsp3) is 1.00. The van der Waals surface area contributed by atoms with Gasteiger partial charge in [0.1, 0.15) is 171 Å². The zero-order valence-corrected chi connectivity index (χ0v) is 40.9. The van der Waals surface area contributed by atoms with Crippen LogP contribution in [0.4, 0.5) is 0 Å². The summed E-state index contributed by atoms with van der Waals surface area (Å²) in [4.78, 5) is 0. The van der Waals surface area contributed by atoms with E-state index in [1.807, 2.05) is 0 Å². The molecule has 0 radical (unpaired) electrons. The first-order valence-electron chi connectivity index (χ1n) is 24.9. The lowest BCUT2D eigenvalue weighted by Crippen LogP contribution is -2.69. The van der Waals surface area contributed by atoms with Gasteiger partial charge in [-0.3, -0.25) is 0 Å². The van der Waals surface area contributed by atoms with Crippen molar-refractivity contribution in [3.63, 3.8) is 0 Å². The standard InChI is InChI=1S/C42H70O37/c43-1-6-25-11(48)18(55)36(66-6)72-26-7(2-44)69-39(21(58)14(26)51)76-30-17(54)24(61)42(79-32(30)34(62)63)75-29-10(5-47)68-38(20(57)13(29)50)73-27-8(3-45)70-40(22(59)15(27)52)77-31-16(53)23(60)41(78-33(31)35(64)65)74-28-9(4-46)67-37(71-25)19(56)12(28)49/h6-65H,1-5H2/t6-,7-,8-,9-,10-,11-,12-,13-,14-,15-,16-,17-,18-,19-,20-,21-,22-,23-,24-,25-,26-,27-,28-,29-,30+,31+,32+,33+,36-,37-,38-,39-,40-,41+,42+/m1/s1. The minimum atomic E-state index is -2.67. The number of ether oxygens (including phenoxy) is 14. The molecule has 21 fully saturated rings. The minimum absolute atomic E-state index is 1.09. The van der Waals surface area contributed by atoms with E-state index in [2.05, 4.69) is 0 Å². The molecule has 35 atom stereocenters. The van der Waals surface area contributed by atoms with Gasteiger partial charge in [-0.05, 0) is 0 Å². The van der Waals surface area contributed by atoms with Crippen LogP contribution in [0.5, 0.6) is 0 Å². The number of aliphatic hydroxyl groups is 23. The van der Waals surface area contributed by atoms with E-state index in [4.69, 9.17) is 66.3 Å². The molecule has 0 aliphatic carbocycles. The largest absolute Gasteiger partial charge is 0.394 e. The van der Waals surface area contributed by atoms with Crippen LogP contribution in [0, 0.1) is 0 Å². The summed E-state index contributed by atoms with van der Waals surface area (Å²) in [5.41, 5.74) is 0. The highest BCUT2D eigenvalue weighted by Crippen LogP contribution is 2.39. The molecule has 0 aromatic carbocycles. The SMILES string of the molecule is OC[C@H]1O[C@@H]2O[C@H]3[C@H](O)[C@@H](O)[C@@H](O[C@H]4[C@H](O)[C@@H](O)[C@@H](O[C@H]5[C@H](O)[C@@H](O)[C@@H](O[C@H]6[C@H](O)[C@@H](O)[C@@H](O[C@H]7[C@H](O)[C@@H](O)[C@@H](O[C@H]8[C@H](O)[C@@H](O)[C@@H](O[C@H]1[C@H](O)[C@H]2O)O[C@@H]8C(O)O)O[C@@H]7CO)O[C@@H]6CO)O[C@@H]5CO)O[C@@H]4C(O)O)O[C@@H]3CO. The Morgan fingerprint density at radius 2 is 0.354 bits per heavy atom. The molecule has 21 saturated heterocycles. The molecule has 79 heavy (non-hydrogen) atoms. The molecule has 37 heteroatoms. The van der Waals surface area contributed by atoms with Crippen LogP contribution in [0.1, 0.15) is 0 Å². The molecule has 0 amide bonds. The first-order valence-corrected chi connectivity index (χ1v) is 24.9. The maximum absolute atomic E-state index is 11.3. The molecule has 0 spiro atoms. The Balaban J connectivity index is 1.09. The second kappa shape index (κ2) is 26.4. The van der Waals surface area contributed by atoms with Gasteiger partial charge in [-0.15, -0.1) is 0 Å². The second-order valence-electron chi connectivity index (χ2n) is 20.0. The Bertz CT molecular complexity index is 1880. The third-order valence-corrected chi connectivity index (χ3v) is 14.9. The van der Waals surface area contributed by atoms with E-state index < -0.39 is 261 Å². The number of aliphatic hydroxyl groups excluding tert-OH is 21. The van der Waals surface area contributed by atoms with Gasteiger partial charge in [0.25, 0.3) is 0 Å². The second-order valence-corrected chi connectivity index (χ2v) is 20.0. The zero-order valence-electron chi connectivity index (χ0n) is 40.9. The van der Waals surface area contributed by atoms with E-state index in [0.29, 0.717) is 0 Å². The Morgan fingerprint density at radius 1 is 0.203 bits per heavy atom. The average Bonchev–Trinajstić information content (AvgIpc) is 3.52. The van der Waals surface area contributed by atoms with E-state index in [-0.39, 0.29) is 0 Å². The highest BCUT2D eigenvalue weighted by atomic mass is 16.8. The number of hydrogen-bond donors (Lipinski definition) is 23. The van der Waals surface area contributed by atoms with Gasteiger partial charge in [0, 0.05) is 0 Å². The van der Waals surface area contributed by atoms with E-state index in [1.54, 1.807) is 0 Å². The molecule has 37 nitrogen and oxygen atoms in total. The molecule has 21 rings (SSSR count). The summed E-state index contributed by atoms with van der Waals surface area (Å²) < 4.78 is 78.5. The molecular formula is C42H70O37. The molecule has 0 unspecified atom stereocenters. The van der Waals surface area contributed by atoms with Gasteiger partial charge in [0.15, 0.2) is 56.6 Å². The zero-order chi connectivity index (χ0) is 57.8. The fourth-order valence-electron chi connectivity index (χ4n) is 10.5. The van der Waals surface area contributed by atoms with Crippen LogP contribution in [0.3, 0.4) is 0 Å². The third-order valence-electron chi connectivity index (χ3n) is 14.9. The molecule has 460 valence electrons. The van der Waals surface area contributed by atoms with E-state index in [1.165, 1.54) is 0 Å². The van der Waals surface area contributed by atoms with Gasteiger partial charge in [0.05, 0.1) is 33.0 Å². The monoisotopic (exact) mass is 1170 g/mol. The van der Waals surface area contributed by atoms with Gasteiger partial charge in [-0.2, -0.15) is 0 Å². The molecule has 0 aromatic heterocycles. The minimum Gasteiger partial charge on any atom is -0.394 e. The van der Waals surface area contributed by atoms with Gasteiger partial charge in [-0.25, -0.2) is 0 Å². The Hall–Kier alpha value is -1.48. The molecule has 21 aliphatic rings. The third kappa shape index (κ3) is 12.5. The smallest absolute Gasteiger partial charge is 0.187 e. The van der Waals surface area contributed by atoms with Crippen LogP contribution >= 0.6 is 0 Å². The molecule has 21 heterocycles. The van der Waals surface area contributed by atoms with Crippen molar-refractivity contribution in [1.82, 2.24) is 0 Å². The Labute approximate surface area is 444 Å². The average molecular weight is 1170 g/mol. The summed E-state index contributed by atoms with van der Waals surface area (Å²) in [7, 11) is 0. The van der Waals surface area contributed by atoms with Gasteiger partial charge in [0.2, 0.25) is 0 Å². The highest BCUT2D eigenvalue weighted by molar-refractivity contribution is 5.02. The predicted octanol–water partition coefficient (Wildman–Crippen LogP) is -16.6. The Kier molecular flexibility index (Phi) is 21.3. The number of hydrogen-bond acceptors (Lipinski definition) is 37. The molecule has 23 N–H and O–H groups in total. The van der Waals surface area contributed by atoms with E-state index in [9.17, 15) is 117 Å². The molecule has 0 aromatic rings. The van der Waals surface area contributed by atoms with Crippen LogP contribution in [0.15, 0.2) is 0 Å². The quantitative estimate of drug-likeness (QED) is 0.105. The van der Waals surface area contributed by atoms with Crippen LogP contribution < -0.4 is 0 Å². The summed E-state index contributed by atoms with van der Waals surface area (Å²) in [6.45, 7) is -5.56. The topological polar surface area (TPSA) is 595 Å². The summed E-state index contributed by atoms with van der Waals surface area (Å²) >= 11 is 0. The molecule has 14 bridgehead atoms. The van der Waals surface area contributed by atoms with Crippen LogP contribution in [0.25, 0.3) is 0 Å². The number of rotatable bonds is 7. The normalized spacial score (nSPS) is 54.4. The lowest BCUT2D eigenvalue weighted by atomic mass is 9.95. The van der Waals surface area contributed by atoms with Crippen molar-refractivity contribution in [3.05, 3.63) is 0 Å². The van der Waals surface area contributed by atoms with Crippen LogP contribution in [-0.2, 0) is 66.3 Å². The van der Waals surface area contributed by atoms with Gasteiger partial charge < -0.3 is 184 Å². The van der Waals surface area contributed by atoms with Crippen molar-refractivity contribution in [2.24, 2.45) is 0 Å². The summed E-state index contributed by atoms with van der Waals surface area (Å²) in [6, 6.07) is 0. The Morgan fingerprint density at radius 3 is 0.519 bits per heavy atom. The highest BCUT2D eigenvalue weighted by Gasteiger charge is 2.60. The van der Waals surface area contributed by atoms with Gasteiger partial charge >= 0.3 is 0 Å². The van der Waals surface area contributed by atoms with E-state index >= 15 is 0 Å². The first kappa shape index (κ1) is 63.5. The summed E-state index contributed by atoms with van der Waals surface area (Å²) in [5.74, 6) is 0. The van der Waals surface area contributed by atoms with Crippen molar-refractivity contribution in [1.29, 1.82) is 0 Å². The molecule has 0 saturated carbocycles. The fourth-order valence-corrected chi connectivity index (χ4v) is 10.5. The maximum Gasteiger partial charge on any atom is 0.187 e. The van der Waals surface area contributed by atoms with Crippen molar-refractivity contribution >= 4 is 0 Å². The van der Waals surface area contributed by atoms with E-state index in [0.717, 1.165) is 0 Å². The van der Waals surface area contributed by atoms with Crippen molar-refractivity contribution in [3.8, 4) is 0 Å². The van der Waals surface area contributed by atoms with Crippen LogP contribution in [-0.4, -0.2) is 378 Å². The lowest BCUT2D eigenvalue weighted by Gasteiger charge is -2.50.